The average Bonchev–Trinajstić information content (AvgIpc) is 2.36. The highest BCUT2D eigenvalue weighted by Gasteiger charge is 2.20. The van der Waals surface area contributed by atoms with Crippen LogP contribution in [0, 0.1) is 0 Å². The van der Waals surface area contributed by atoms with Crippen LogP contribution in [0.3, 0.4) is 0 Å². The summed E-state index contributed by atoms with van der Waals surface area (Å²) < 4.78 is 9.38. The minimum Gasteiger partial charge on any atom is -0.435 e. The van der Waals surface area contributed by atoms with E-state index in [2.05, 4.69) is 4.74 Å². The molecule has 4 heteroatoms. The van der Waals surface area contributed by atoms with Gasteiger partial charge in [0.2, 0.25) is 0 Å². The molecule has 0 heterocycles. The van der Waals surface area contributed by atoms with Gasteiger partial charge in [0, 0.05) is 6.42 Å². The van der Waals surface area contributed by atoms with Crippen molar-refractivity contribution >= 4 is 6.16 Å². The second kappa shape index (κ2) is 4.11. The Morgan fingerprint density at radius 3 is 2.92 bits per heavy atom. The largest absolute Gasteiger partial charge is 0.508 e. The van der Waals surface area contributed by atoms with Crippen molar-refractivity contribution in [2.24, 2.45) is 0 Å². The summed E-state index contributed by atoms with van der Waals surface area (Å²) in [5, 5.41) is 9.02. The van der Waals surface area contributed by atoms with E-state index in [1.165, 1.54) is 0 Å². The lowest BCUT2D eigenvalue weighted by Crippen LogP contribution is -2.17. The molecule has 0 spiro atoms. The third kappa shape index (κ3) is 2.54. The molecule has 0 aromatic carbocycles. The minimum absolute atomic E-state index is 0.303. The van der Waals surface area contributed by atoms with E-state index < -0.39 is 12.3 Å². The zero-order valence-electron chi connectivity index (χ0n) is 6.90. The van der Waals surface area contributed by atoms with Crippen molar-refractivity contribution in [1.82, 2.24) is 0 Å². The average molecular weight is 172 g/mol. The Kier molecular flexibility index (Phi) is 3.10. The number of hydrogen-bond acceptors (Lipinski definition) is 4. The molecule has 1 aliphatic carbocycles. The number of rotatable bonds is 2. The maximum absolute atomic E-state index is 10.7. The number of hydrogen-bond donors (Lipinski definition) is 1. The Morgan fingerprint density at radius 2 is 2.42 bits per heavy atom. The second-order valence-corrected chi connectivity index (χ2v) is 2.53. The van der Waals surface area contributed by atoms with E-state index in [1.807, 2.05) is 0 Å². The van der Waals surface area contributed by atoms with Gasteiger partial charge in [-0.25, -0.2) is 4.79 Å². The molecule has 0 aliphatic heterocycles. The third-order valence-electron chi connectivity index (χ3n) is 1.53. The molecule has 0 fully saturated rings. The number of carbonyl (C=O) groups excluding carboxylic acids is 1. The first-order chi connectivity index (χ1) is 5.72. The molecule has 0 amide bonds. The van der Waals surface area contributed by atoms with Gasteiger partial charge in [-0.1, -0.05) is 6.08 Å². The maximum atomic E-state index is 10.7. The van der Waals surface area contributed by atoms with E-state index in [0.29, 0.717) is 13.0 Å². The summed E-state index contributed by atoms with van der Waals surface area (Å²) in [7, 11) is 0. The highest BCUT2D eigenvalue weighted by Crippen LogP contribution is 2.14. The van der Waals surface area contributed by atoms with Gasteiger partial charge in [-0.2, -0.15) is 0 Å². The molecular formula is C8H12O4. The Bertz CT molecular complexity index is 187. The molecule has 4 nitrogen and oxygen atoms in total. The summed E-state index contributed by atoms with van der Waals surface area (Å²) >= 11 is 0. The monoisotopic (exact) mass is 172 g/mol. The summed E-state index contributed by atoms with van der Waals surface area (Å²) in [5.74, 6) is 0. The van der Waals surface area contributed by atoms with E-state index in [4.69, 9.17) is 9.84 Å². The van der Waals surface area contributed by atoms with Crippen LogP contribution in [-0.4, -0.2) is 30.1 Å². The molecule has 1 aliphatic rings. The summed E-state index contributed by atoms with van der Waals surface area (Å²) in [6.07, 6.45) is 2.18. The van der Waals surface area contributed by atoms with Crippen LogP contribution in [0.15, 0.2) is 12.2 Å². The normalized spacial score (nSPS) is 27.2. The number of aliphatic hydroxyl groups excluding tert-OH is 1. The van der Waals surface area contributed by atoms with Gasteiger partial charge in [-0.05, 0) is 13.0 Å². The summed E-state index contributed by atoms with van der Waals surface area (Å²) in [4.78, 5) is 10.7. The molecule has 0 aromatic heterocycles. The fourth-order valence-electron chi connectivity index (χ4n) is 1.01. The quantitative estimate of drug-likeness (QED) is 0.495. The van der Waals surface area contributed by atoms with Crippen molar-refractivity contribution in [2.75, 3.05) is 6.61 Å². The van der Waals surface area contributed by atoms with E-state index >= 15 is 0 Å². The van der Waals surface area contributed by atoms with Gasteiger partial charge in [0.1, 0.15) is 6.10 Å². The van der Waals surface area contributed by atoms with Gasteiger partial charge in [0.05, 0.1) is 12.7 Å². The molecule has 0 aromatic rings. The van der Waals surface area contributed by atoms with Crippen LogP contribution in [0.1, 0.15) is 13.3 Å². The first-order valence-electron chi connectivity index (χ1n) is 3.92. The Balaban J connectivity index is 2.24. The zero-order chi connectivity index (χ0) is 8.97. The maximum Gasteiger partial charge on any atom is 0.508 e. The topological polar surface area (TPSA) is 55.8 Å². The molecule has 1 N–H and O–H groups in total. The van der Waals surface area contributed by atoms with Crippen LogP contribution in [0.4, 0.5) is 4.79 Å². The molecule has 1 rings (SSSR count). The number of carbonyl (C=O) groups is 1. The Morgan fingerprint density at radius 1 is 1.67 bits per heavy atom. The van der Waals surface area contributed by atoms with E-state index in [-0.39, 0.29) is 6.10 Å². The molecule has 2 atom stereocenters. The lowest BCUT2D eigenvalue weighted by Gasteiger charge is -2.09. The van der Waals surface area contributed by atoms with Gasteiger partial charge < -0.3 is 14.6 Å². The Labute approximate surface area is 70.8 Å². The van der Waals surface area contributed by atoms with Crippen molar-refractivity contribution in [1.29, 1.82) is 0 Å². The van der Waals surface area contributed by atoms with Crippen molar-refractivity contribution in [3.05, 3.63) is 12.2 Å². The predicted octanol–water partition coefficient (Wildman–Crippen LogP) is 0.849. The van der Waals surface area contributed by atoms with Gasteiger partial charge in [-0.3, -0.25) is 0 Å². The molecule has 0 unspecified atom stereocenters. The molecule has 0 saturated carbocycles. The molecule has 12 heavy (non-hydrogen) atoms. The minimum atomic E-state index is -0.679. The number of ether oxygens (including phenoxy) is 2. The van der Waals surface area contributed by atoms with Gasteiger partial charge in [-0.15, -0.1) is 0 Å². The van der Waals surface area contributed by atoms with Crippen LogP contribution in [0.25, 0.3) is 0 Å². The highest BCUT2D eigenvalue weighted by atomic mass is 16.7. The van der Waals surface area contributed by atoms with Crippen molar-refractivity contribution in [2.45, 2.75) is 25.6 Å². The van der Waals surface area contributed by atoms with Crippen LogP contribution < -0.4 is 0 Å². The molecule has 0 bridgehead atoms. The zero-order valence-corrected chi connectivity index (χ0v) is 6.90. The lowest BCUT2D eigenvalue weighted by molar-refractivity contribution is 0.0333. The van der Waals surface area contributed by atoms with E-state index in [1.54, 1.807) is 19.1 Å². The van der Waals surface area contributed by atoms with Gasteiger partial charge >= 0.3 is 6.16 Å². The first kappa shape index (κ1) is 9.06. The van der Waals surface area contributed by atoms with E-state index in [9.17, 15) is 4.79 Å². The highest BCUT2D eigenvalue weighted by molar-refractivity contribution is 5.60. The standard InChI is InChI=1S/C8H12O4/c1-2-11-8(10)12-7-4-3-6(9)5-7/h3-4,6-7,9H,2,5H2,1H3/t6-,7+/m1/s1. The Hall–Kier alpha value is -1.03. The number of aliphatic hydroxyl groups is 1. The van der Waals surface area contributed by atoms with Crippen LogP contribution in [-0.2, 0) is 9.47 Å². The first-order valence-corrected chi connectivity index (χ1v) is 3.92. The van der Waals surface area contributed by atoms with Crippen LogP contribution in [0.5, 0.6) is 0 Å². The lowest BCUT2D eigenvalue weighted by atomic mass is 10.3. The molecule has 68 valence electrons. The fraction of sp³-hybridized carbons (Fsp3) is 0.625. The second-order valence-electron chi connectivity index (χ2n) is 2.53. The van der Waals surface area contributed by atoms with E-state index in [0.717, 1.165) is 0 Å². The van der Waals surface area contributed by atoms with Gasteiger partial charge in [0.25, 0.3) is 0 Å². The van der Waals surface area contributed by atoms with Crippen LogP contribution >= 0.6 is 0 Å². The van der Waals surface area contributed by atoms with Crippen molar-refractivity contribution in [3.63, 3.8) is 0 Å². The fourth-order valence-corrected chi connectivity index (χ4v) is 1.01. The molecule has 0 radical (unpaired) electrons. The summed E-state index contributed by atoms with van der Waals surface area (Å²) in [6, 6.07) is 0. The van der Waals surface area contributed by atoms with Crippen molar-refractivity contribution in [3.8, 4) is 0 Å². The van der Waals surface area contributed by atoms with Crippen LogP contribution in [0.2, 0.25) is 0 Å². The van der Waals surface area contributed by atoms with Gasteiger partial charge in [0.15, 0.2) is 0 Å². The molecular weight excluding hydrogens is 160 g/mol. The molecule has 0 saturated heterocycles. The predicted molar refractivity (Wildman–Crippen MR) is 41.7 cm³/mol. The summed E-state index contributed by atoms with van der Waals surface area (Å²) in [6.45, 7) is 2.01. The summed E-state index contributed by atoms with van der Waals surface area (Å²) in [5.41, 5.74) is 0. The SMILES string of the molecule is CCOC(=O)O[C@H]1C=C[C@@H](O)C1. The van der Waals surface area contributed by atoms with Crippen molar-refractivity contribution < 1.29 is 19.4 Å². The third-order valence-corrected chi connectivity index (χ3v) is 1.53. The smallest absolute Gasteiger partial charge is 0.435 e.